The molecular formula is C47H43BF4N2O2. The fourth-order valence-electron chi connectivity index (χ4n) is 9.19. The van der Waals surface area contributed by atoms with E-state index in [1.165, 1.54) is 81.4 Å². The van der Waals surface area contributed by atoms with Crippen LogP contribution < -0.4 is 14.5 Å². The third-order valence-corrected chi connectivity index (χ3v) is 11.5. The number of halogens is 4. The molecule has 4 nitrogen and oxygen atoms in total. The highest BCUT2D eigenvalue weighted by Crippen LogP contribution is 2.48. The fraction of sp³-hybridized carbons (Fsp3) is 0.255. The van der Waals surface area contributed by atoms with Crippen LogP contribution in [-0.4, -0.2) is 33.4 Å². The maximum absolute atomic E-state index is 9.75. The van der Waals surface area contributed by atoms with Gasteiger partial charge in [-0.25, -0.2) is 4.42 Å². The molecule has 5 aliphatic heterocycles. The van der Waals surface area contributed by atoms with Gasteiger partial charge in [-0.2, -0.15) is 0 Å². The zero-order valence-electron chi connectivity index (χ0n) is 31.3. The second-order valence-corrected chi connectivity index (χ2v) is 15.1. The van der Waals surface area contributed by atoms with Crippen LogP contribution in [0.15, 0.2) is 114 Å². The minimum absolute atomic E-state index is 0.918. The molecule has 0 fully saturated rings. The van der Waals surface area contributed by atoms with Gasteiger partial charge >= 0.3 is 18.6 Å². The van der Waals surface area contributed by atoms with Crippen molar-refractivity contribution in [1.82, 2.24) is 0 Å². The van der Waals surface area contributed by atoms with Crippen LogP contribution in [0.25, 0.3) is 39.7 Å². The predicted octanol–water partition coefficient (Wildman–Crippen LogP) is 12.2. The first kappa shape index (κ1) is 36.1. The molecule has 0 unspecified atom stereocenters. The minimum Gasteiger partial charge on any atom is -0.456 e. The van der Waals surface area contributed by atoms with E-state index in [9.17, 15) is 17.3 Å². The molecule has 0 saturated heterocycles. The average Bonchev–Trinajstić information content (AvgIpc) is 3.21. The van der Waals surface area contributed by atoms with Gasteiger partial charge in [0.15, 0.2) is 0 Å². The summed E-state index contributed by atoms with van der Waals surface area (Å²) in [6, 6.07) is 28.1. The smallest absolute Gasteiger partial charge is 0.456 e. The molecule has 10 rings (SSSR count). The first-order chi connectivity index (χ1) is 27.3. The lowest BCUT2D eigenvalue weighted by Crippen LogP contribution is -2.35. The van der Waals surface area contributed by atoms with Gasteiger partial charge in [-0.3, -0.25) is 0 Å². The highest BCUT2D eigenvalue weighted by atomic mass is 19.5. The van der Waals surface area contributed by atoms with Crippen LogP contribution in [0.3, 0.4) is 0 Å². The van der Waals surface area contributed by atoms with E-state index in [0.717, 1.165) is 85.8 Å². The zero-order valence-corrected chi connectivity index (χ0v) is 31.3. The van der Waals surface area contributed by atoms with E-state index in [2.05, 4.69) is 125 Å². The van der Waals surface area contributed by atoms with E-state index < -0.39 is 7.25 Å². The fourth-order valence-corrected chi connectivity index (χ4v) is 9.19. The van der Waals surface area contributed by atoms with Gasteiger partial charge in [0.05, 0.1) is 28.3 Å². The highest BCUT2D eigenvalue weighted by Gasteiger charge is 2.33. The van der Waals surface area contributed by atoms with Gasteiger partial charge in [0.1, 0.15) is 11.5 Å². The Morgan fingerprint density at radius 3 is 1.91 bits per heavy atom. The molecule has 0 spiro atoms. The van der Waals surface area contributed by atoms with Crippen molar-refractivity contribution >= 4 is 47.0 Å². The van der Waals surface area contributed by atoms with E-state index in [4.69, 9.17) is 9.15 Å². The summed E-state index contributed by atoms with van der Waals surface area (Å²) >= 11 is 0. The molecule has 1 aromatic heterocycles. The molecular weight excluding hydrogens is 711 g/mol. The summed E-state index contributed by atoms with van der Waals surface area (Å²) in [7, 11) is -6.00. The quantitative estimate of drug-likeness (QED) is 0.0773. The number of hydrogen-bond acceptors (Lipinski definition) is 3. The molecule has 56 heavy (non-hydrogen) atoms. The van der Waals surface area contributed by atoms with Crippen LogP contribution in [0, 0.1) is 0 Å². The van der Waals surface area contributed by atoms with E-state index in [1.807, 2.05) is 0 Å². The van der Waals surface area contributed by atoms with Crippen LogP contribution in [0.2, 0.25) is 0 Å². The summed E-state index contributed by atoms with van der Waals surface area (Å²) in [6.07, 6.45) is 22.5. The standard InChI is InChI=1S/C47H43N2O2.BF4/c1-4-14-32(15-5-1)42-30-34(40-28-36-20-10-24-48-26-12-22-38(44(36)48)46(40)50-42)18-8-3-9-19-35-31-43(33-16-6-2-7-17-33)51-47-39-23-13-27-49-25-11-21-37(45(39)49)29-41(35)47;2-1(3,4)5/h1-9,14-19,28-31H,10-13,20-27H2;/q+1;-1. The number of benzene rings is 4. The summed E-state index contributed by atoms with van der Waals surface area (Å²) < 4.78 is 52.6. The van der Waals surface area contributed by atoms with Crippen molar-refractivity contribution in [3.63, 3.8) is 0 Å². The molecule has 0 radical (unpaired) electrons. The minimum atomic E-state index is -6.00. The predicted molar refractivity (Wildman–Crippen MR) is 222 cm³/mol. The number of rotatable bonds is 5. The number of ether oxygens (including phenoxy) is 1. The molecule has 0 bridgehead atoms. The van der Waals surface area contributed by atoms with E-state index in [0.29, 0.717) is 0 Å². The van der Waals surface area contributed by atoms with Crippen molar-refractivity contribution in [1.29, 1.82) is 0 Å². The van der Waals surface area contributed by atoms with Gasteiger partial charge < -0.3 is 31.8 Å². The maximum atomic E-state index is 9.75. The Labute approximate surface area is 325 Å². The second-order valence-electron chi connectivity index (χ2n) is 15.1. The van der Waals surface area contributed by atoms with Gasteiger partial charge in [-0.1, -0.05) is 78.9 Å². The molecule has 0 saturated carbocycles. The van der Waals surface area contributed by atoms with Gasteiger partial charge in [0, 0.05) is 54.1 Å². The number of aryl methyl sites for hydroxylation is 3. The van der Waals surface area contributed by atoms with Crippen LogP contribution in [0.5, 0.6) is 5.75 Å². The number of allylic oxidation sites excluding steroid dienone is 6. The topological polar surface area (TPSA) is 27.0 Å². The number of hydrogen-bond donors (Lipinski definition) is 0. The summed E-state index contributed by atoms with van der Waals surface area (Å²) in [4.78, 5) is 5.20. The van der Waals surface area contributed by atoms with Crippen molar-refractivity contribution in [3.05, 3.63) is 148 Å². The Morgan fingerprint density at radius 2 is 1.23 bits per heavy atom. The molecule has 0 amide bonds. The first-order valence-corrected chi connectivity index (χ1v) is 19.9. The molecule has 284 valence electrons. The Morgan fingerprint density at radius 1 is 0.643 bits per heavy atom. The molecule has 5 aliphatic rings. The molecule has 0 atom stereocenters. The van der Waals surface area contributed by atoms with Crippen molar-refractivity contribution in [2.75, 3.05) is 36.0 Å². The number of anilines is 2. The van der Waals surface area contributed by atoms with Crippen molar-refractivity contribution in [2.45, 2.75) is 51.4 Å². The van der Waals surface area contributed by atoms with Crippen LogP contribution >= 0.6 is 0 Å². The highest BCUT2D eigenvalue weighted by molar-refractivity contribution is 6.50. The summed E-state index contributed by atoms with van der Waals surface area (Å²) in [5, 5.41) is 1.22. The van der Waals surface area contributed by atoms with Crippen molar-refractivity contribution in [3.8, 4) is 17.1 Å². The number of fused-ring (bicyclic) bond motifs is 4. The Hall–Kier alpha value is -5.57. The third kappa shape index (κ3) is 7.27. The Balaban J connectivity index is 0.000000773. The van der Waals surface area contributed by atoms with Crippen molar-refractivity contribution < 1.29 is 26.4 Å². The van der Waals surface area contributed by atoms with Gasteiger partial charge in [0.2, 0.25) is 0 Å². The lowest BCUT2D eigenvalue weighted by atomic mass is 9.86. The Kier molecular flexibility index (Phi) is 9.78. The largest absolute Gasteiger partial charge is 0.673 e. The van der Waals surface area contributed by atoms with Crippen LogP contribution in [0.4, 0.5) is 28.6 Å². The van der Waals surface area contributed by atoms with E-state index >= 15 is 0 Å². The number of nitrogens with zero attached hydrogens (tertiary/aromatic N) is 2. The molecule has 0 N–H and O–H groups in total. The van der Waals surface area contributed by atoms with Gasteiger partial charge in [0.25, 0.3) is 0 Å². The monoisotopic (exact) mass is 754 g/mol. The average molecular weight is 755 g/mol. The van der Waals surface area contributed by atoms with Crippen molar-refractivity contribution in [2.24, 2.45) is 0 Å². The van der Waals surface area contributed by atoms with Gasteiger partial charge in [-0.05, 0) is 98.4 Å². The first-order valence-electron chi connectivity index (χ1n) is 19.9. The van der Waals surface area contributed by atoms with Crippen LogP contribution in [0.1, 0.15) is 64.6 Å². The van der Waals surface area contributed by atoms with Crippen LogP contribution in [-0.2, 0) is 25.7 Å². The molecule has 5 aromatic rings. The van der Waals surface area contributed by atoms with E-state index in [1.54, 1.807) is 0 Å². The molecule has 9 heteroatoms. The Bertz CT molecular complexity index is 2410. The summed E-state index contributed by atoms with van der Waals surface area (Å²) in [5.74, 6) is 2.89. The zero-order chi connectivity index (χ0) is 38.2. The third-order valence-electron chi connectivity index (χ3n) is 11.5. The normalized spacial score (nSPS) is 17.9. The van der Waals surface area contributed by atoms with E-state index in [-0.39, 0.29) is 0 Å². The SMILES string of the molecule is C1=C(c2ccccc2)Oc2c(cc3c4c2CCCN4CCC3)/C1=C/C=C/C=C/c1cc(-c2ccccc2)[o+]c2c3c4c(cc12)CCCN4CCC3.F[B-](F)(F)F. The van der Waals surface area contributed by atoms with Gasteiger partial charge in [-0.15, -0.1) is 0 Å². The molecule has 0 aliphatic carbocycles. The summed E-state index contributed by atoms with van der Waals surface area (Å²) in [5.41, 5.74) is 15.5. The molecule has 6 heterocycles. The lowest BCUT2D eigenvalue weighted by molar-refractivity contribution is 0.368. The summed E-state index contributed by atoms with van der Waals surface area (Å²) in [6.45, 7) is 4.60. The second kappa shape index (κ2) is 15.2. The lowest BCUT2D eigenvalue weighted by Gasteiger charge is -2.39. The maximum Gasteiger partial charge on any atom is 0.673 e. The molecule has 4 aromatic carbocycles.